The van der Waals surface area contributed by atoms with Crippen LogP contribution in [0.3, 0.4) is 0 Å². The molecule has 0 atom stereocenters. The van der Waals surface area contributed by atoms with Gasteiger partial charge in [0.1, 0.15) is 11.3 Å². The Balaban J connectivity index is 1.45. The first-order valence-corrected chi connectivity index (χ1v) is 14.9. The lowest BCUT2D eigenvalue weighted by Crippen LogP contribution is -2.31. The summed E-state index contributed by atoms with van der Waals surface area (Å²) in [5, 5.41) is -0.252. The van der Waals surface area contributed by atoms with Crippen molar-refractivity contribution in [1.82, 2.24) is 19.6 Å². The molecule has 3 heterocycles. The van der Waals surface area contributed by atoms with Crippen LogP contribution in [-0.4, -0.2) is 42.3 Å². The van der Waals surface area contributed by atoms with E-state index in [0.717, 1.165) is 48.3 Å². The van der Waals surface area contributed by atoms with E-state index in [1.807, 2.05) is 51.1 Å². The van der Waals surface area contributed by atoms with Crippen LogP contribution in [0, 0.1) is 20.8 Å². The van der Waals surface area contributed by atoms with Crippen molar-refractivity contribution in [2.75, 3.05) is 13.1 Å². The smallest absolute Gasteiger partial charge is 0.281 e. The number of nitrogens with one attached hydrogen (secondary N) is 1. The van der Waals surface area contributed by atoms with Gasteiger partial charge in [-0.25, -0.2) is 14.7 Å². The van der Waals surface area contributed by atoms with E-state index < -0.39 is 15.9 Å². The van der Waals surface area contributed by atoms with Crippen LogP contribution in [0.2, 0.25) is 0 Å². The van der Waals surface area contributed by atoms with E-state index in [-0.39, 0.29) is 16.5 Å². The molecule has 0 bridgehead atoms. The number of aromatic nitrogens is 2. The summed E-state index contributed by atoms with van der Waals surface area (Å²) in [6, 6.07) is 22.1. The fourth-order valence-corrected chi connectivity index (χ4v) is 5.87. The molecular weight excluding hydrogens is 536 g/mol. The number of sulfonamides is 1. The van der Waals surface area contributed by atoms with Crippen molar-refractivity contribution in [2.24, 2.45) is 0 Å². The van der Waals surface area contributed by atoms with Crippen molar-refractivity contribution >= 4 is 21.5 Å². The van der Waals surface area contributed by atoms with Gasteiger partial charge in [0.2, 0.25) is 5.88 Å². The number of rotatable bonds is 8. The van der Waals surface area contributed by atoms with Crippen molar-refractivity contribution in [1.29, 1.82) is 0 Å². The second kappa shape index (κ2) is 12.0. The van der Waals surface area contributed by atoms with E-state index in [1.54, 1.807) is 24.3 Å². The Morgan fingerprint density at radius 2 is 1.71 bits per heavy atom. The van der Waals surface area contributed by atoms with Gasteiger partial charge in [0.25, 0.3) is 15.9 Å². The van der Waals surface area contributed by atoms with Gasteiger partial charge in [-0.1, -0.05) is 60.2 Å². The lowest BCUT2D eigenvalue weighted by molar-refractivity contribution is 0.0978. The molecule has 8 nitrogen and oxygen atoms in total. The SMILES string of the molecule is Cc1cc(C)c(Oc2nc(C3=CCN(Cc4ccccc4)CC3)ccc2C(=O)NS(=O)(=O)c2ccccn2)c(C)c1. The van der Waals surface area contributed by atoms with Crippen LogP contribution in [0.5, 0.6) is 11.6 Å². The summed E-state index contributed by atoms with van der Waals surface area (Å²) in [5.41, 5.74) is 5.86. The summed E-state index contributed by atoms with van der Waals surface area (Å²) < 4.78 is 34.1. The van der Waals surface area contributed by atoms with Crippen molar-refractivity contribution in [2.45, 2.75) is 38.8 Å². The van der Waals surface area contributed by atoms with Gasteiger partial charge in [0.05, 0.1) is 5.69 Å². The largest absolute Gasteiger partial charge is 0.438 e. The van der Waals surface area contributed by atoms with Crippen LogP contribution in [-0.2, 0) is 16.6 Å². The van der Waals surface area contributed by atoms with E-state index in [2.05, 4.69) is 32.8 Å². The average Bonchev–Trinajstić information content (AvgIpc) is 2.96. The fraction of sp³-hybridized carbons (Fsp3) is 0.219. The van der Waals surface area contributed by atoms with E-state index >= 15 is 0 Å². The number of carbonyl (C=O) groups excluding carboxylic acids is 1. The highest BCUT2D eigenvalue weighted by atomic mass is 32.2. The first kappa shape index (κ1) is 28.2. The molecule has 0 saturated carbocycles. The maximum Gasteiger partial charge on any atom is 0.281 e. The van der Waals surface area contributed by atoms with Crippen molar-refractivity contribution in [3.05, 3.63) is 119 Å². The Hall–Kier alpha value is -4.34. The third-order valence-electron chi connectivity index (χ3n) is 6.92. The zero-order valence-electron chi connectivity index (χ0n) is 23.3. The highest BCUT2D eigenvalue weighted by Gasteiger charge is 2.25. The van der Waals surface area contributed by atoms with Crippen LogP contribution < -0.4 is 9.46 Å². The summed E-state index contributed by atoms with van der Waals surface area (Å²) >= 11 is 0. The minimum Gasteiger partial charge on any atom is -0.438 e. The number of aryl methyl sites for hydroxylation is 3. The van der Waals surface area contributed by atoms with Crippen LogP contribution in [0.15, 0.2) is 90.1 Å². The Morgan fingerprint density at radius 3 is 2.37 bits per heavy atom. The molecule has 9 heteroatoms. The Kier molecular flexibility index (Phi) is 8.28. The Bertz CT molecular complexity index is 1680. The topological polar surface area (TPSA) is 101 Å². The Labute approximate surface area is 240 Å². The van der Waals surface area contributed by atoms with Crippen molar-refractivity contribution < 1.29 is 17.9 Å². The number of hydrogen-bond acceptors (Lipinski definition) is 7. The highest BCUT2D eigenvalue weighted by molar-refractivity contribution is 7.90. The highest BCUT2D eigenvalue weighted by Crippen LogP contribution is 2.33. The number of benzene rings is 2. The number of hydrogen-bond donors (Lipinski definition) is 1. The van der Waals surface area contributed by atoms with Crippen LogP contribution in [0.1, 0.15) is 44.7 Å². The molecule has 0 saturated heterocycles. The molecule has 2 aromatic carbocycles. The molecule has 1 N–H and O–H groups in total. The van der Waals surface area contributed by atoms with E-state index in [4.69, 9.17) is 9.72 Å². The predicted octanol–water partition coefficient (Wildman–Crippen LogP) is 5.60. The summed E-state index contributed by atoms with van der Waals surface area (Å²) in [7, 11) is -4.19. The van der Waals surface area contributed by atoms with Gasteiger partial charge in [-0.05, 0) is 73.7 Å². The average molecular weight is 569 g/mol. The fourth-order valence-electron chi connectivity index (χ4n) is 4.96. The van der Waals surface area contributed by atoms with Crippen LogP contribution >= 0.6 is 0 Å². The molecule has 1 amide bonds. The molecule has 0 spiro atoms. The number of nitrogens with zero attached hydrogens (tertiary/aromatic N) is 3. The van der Waals surface area contributed by atoms with Gasteiger partial charge in [-0.15, -0.1) is 0 Å². The third kappa shape index (κ3) is 6.70. The molecule has 5 rings (SSSR count). The Morgan fingerprint density at radius 1 is 0.976 bits per heavy atom. The zero-order chi connectivity index (χ0) is 29.0. The van der Waals surface area contributed by atoms with E-state index in [1.165, 1.54) is 17.8 Å². The van der Waals surface area contributed by atoms with Gasteiger partial charge in [0, 0.05) is 25.8 Å². The predicted molar refractivity (Wildman–Crippen MR) is 158 cm³/mol. The number of ether oxygens (including phenoxy) is 1. The number of pyridine rings is 2. The molecule has 1 aliphatic heterocycles. The molecule has 0 radical (unpaired) electrons. The van der Waals surface area contributed by atoms with Crippen LogP contribution in [0.4, 0.5) is 0 Å². The summed E-state index contributed by atoms with van der Waals surface area (Å²) in [5.74, 6) is -0.230. The molecule has 1 aliphatic rings. The summed E-state index contributed by atoms with van der Waals surface area (Å²) in [4.78, 5) is 24.3. The number of amides is 1. The quantitative estimate of drug-likeness (QED) is 0.295. The molecule has 210 valence electrons. The minimum absolute atomic E-state index is 0.00902. The van der Waals surface area contributed by atoms with Gasteiger partial charge < -0.3 is 4.74 Å². The lowest BCUT2D eigenvalue weighted by Gasteiger charge is -2.26. The van der Waals surface area contributed by atoms with Gasteiger partial charge in [0.15, 0.2) is 5.03 Å². The van der Waals surface area contributed by atoms with Gasteiger partial charge in [-0.3, -0.25) is 9.69 Å². The van der Waals surface area contributed by atoms with E-state index in [9.17, 15) is 13.2 Å². The van der Waals surface area contributed by atoms with Crippen molar-refractivity contribution in [3.8, 4) is 11.6 Å². The molecule has 0 fully saturated rings. The standard InChI is InChI=1S/C32H32N4O4S/c1-22-19-23(2)30(24(3)20-22)40-32-27(31(37)35-41(38,39)29-11-7-8-16-33-29)12-13-28(34-32)26-14-17-36(18-15-26)21-25-9-5-4-6-10-25/h4-14,16,19-20H,15,17-18,21H2,1-3H3,(H,35,37). The van der Waals surface area contributed by atoms with E-state index in [0.29, 0.717) is 11.4 Å². The lowest BCUT2D eigenvalue weighted by atomic mass is 10.0. The van der Waals surface area contributed by atoms with Gasteiger partial charge in [-0.2, -0.15) is 8.42 Å². The molecule has 0 unspecified atom stereocenters. The summed E-state index contributed by atoms with van der Waals surface area (Å²) in [6.07, 6.45) is 4.28. The first-order chi connectivity index (χ1) is 19.7. The molecule has 4 aromatic rings. The second-order valence-electron chi connectivity index (χ2n) is 10.2. The first-order valence-electron chi connectivity index (χ1n) is 13.4. The maximum absolute atomic E-state index is 13.3. The maximum atomic E-state index is 13.3. The zero-order valence-corrected chi connectivity index (χ0v) is 24.1. The van der Waals surface area contributed by atoms with Gasteiger partial charge >= 0.3 is 0 Å². The molecule has 0 aliphatic carbocycles. The summed E-state index contributed by atoms with van der Waals surface area (Å²) in [6.45, 7) is 8.34. The third-order valence-corrected chi connectivity index (χ3v) is 8.17. The minimum atomic E-state index is -4.19. The van der Waals surface area contributed by atoms with Crippen LogP contribution in [0.25, 0.3) is 5.57 Å². The van der Waals surface area contributed by atoms with Crippen molar-refractivity contribution in [3.63, 3.8) is 0 Å². The second-order valence-corrected chi connectivity index (χ2v) is 11.8. The molecule has 2 aromatic heterocycles. The normalized spacial score (nSPS) is 13.9. The molecule has 41 heavy (non-hydrogen) atoms. The molecular formula is C32H32N4O4S. The monoisotopic (exact) mass is 568 g/mol. The number of carbonyl (C=O) groups is 1.